The molecule has 0 saturated heterocycles. The second kappa shape index (κ2) is 7.96. The lowest BCUT2D eigenvalue weighted by Crippen LogP contribution is -2.38. The van der Waals surface area contributed by atoms with Crippen molar-refractivity contribution in [2.45, 2.75) is 72.4 Å². The highest BCUT2D eigenvalue weighted by Gasteiger charge is 2.13. The van der Waals surface area contributed by atoms with Crippen molar-refractivity contribution in [3.05, 3.63) is 21.9 Å². The molecule has 1 aromatic rings. The molecule has 0 aliphatic carbocycles. The van der Waals surface area contributed by atoms with E-state index in [-0.39, 0.29) is 0 Å². The predicted octanol–water partition coefficient (Wildman–Crippen LogP) is 4.79. The molecule has 1 aromatic heterocycles. The summed E-state index contributed by atoms with van der Waals surface area (Å²) in [6.07, 6.45) is 4.99. The molecule has 1 N–H and O–H groups in total. The van der Waals surface area contributed by atoms with Gasteiger partial charge in [-0.25, -0.2) is 0 Å². The second-order valence-electron chi connectivity index (χ2n) is 5.64. The summed E-state index contributed by atoms with van der Waals surface area (Å²) in [5.41, 5.74) is 0. The van der Waals surface area contributed by atoms with Gasteiger partial charge in [-0.2, -0.15) is 0 Å². The van der Waals surface area contributed by atoms with Gasteiger partial charge < -0.3 is 5.32 Å². The van der Waals surface area contributed by atoms with Gasteiger partial charge in [0.1, 0.15) is 0 Å². The molecule has 104 valence electrons. The monoisotopic (exact) mass is 267 g/mol. The van der Waals surface area contributed by atoms with Gasteiger partial charge in [0.25, 0.3) is 0 Å². The van der Waals surface area contributed by atoms with E-state index in [1.807, 2.05) is 11.3 Å². The summed E-state index contributed by atoms with van der Waals surface area (Å²) in [6, 6.07) is 5.75. The lowest BCUT2D eigenvalue weighted by atomic mass is 9.97. The van der Waals surface area contributed by atoms with E-state index in [0.717, 1.165) is 12.3 Å². The summed E-state index contributed by atoms with van der Waals surface area (Å²) in [7, 11) is 0. The first kappa shape index (κ1) is 15.7. The SMILES string of the molecule is CCC(C)CC(CC)NC(C)Cc1ccc(C)s1. The molecule has 3 unspecified atom stereocenters. The standard InChI is InChI=1S/C16H29NS/c1-6-12(3)10-15(7-2)17-13(4)11-16-9-8-14(5)18-16/h8-9,12-13,15,17H,6-7,10-11H2,1-5H3. The van der Waals surface area contributed by atoms with Crippen LogP contribution in [0.1, 0.15) is 56.7 Å². The van der Waals surface area contributed by atoms with Gasteiger partial charge >= 0.3 is 0 Å². The van der Waals surface area contributed by atoms with Gasteiger partial charge in [-0.15, -0.1) is 11.3 Å². The molecule has 0 fully saturated rings. The second-order valence-corrected chi connectivity index (χ2v) is 7.01. The van der Waals surface area contributed by atoms with Gasteiger partial charge in [0.05, 0.1) is 0 Å². The zero-order valence-corrected chi connectivity index (χ0v) is 13.4. The van der Waals surface area contributed by atoms with Crippen LogP contribution in [0.3, 0.4) is 0 Å². The minimum Gasteiger partial charge on any atom is -0.311 e. The fourth-order valence-electron chi connectivity index (χ4n) is 2.36. The topological polar surface area (TPSA) is 12.0 Å². The molecule has 0 bridgehead atoms. The third kappa shape index (κ3) is 5.53. The molecule has 0 aromatic carbocycles. The zero-order chi connectivity index (χ0) is 13.5. The molecule has 2 heteroatoms. The Morgan fingerprint density at radius 2 is 1.89 bits per heavy atom. The molecular formula is C16H29NS. The summed E-state index contributed by atoms with van der Waals surface area (Å²) >= 11 is 1.93. The Balaban J connectivity index is 2.39. The molecule has 1 heterocycles. The zero-order valence-electron chi connectivity index (χ0n) is 12.6. The molecular weight excluding hydrogens is 238 g/mol. The van der Waals surface area contributed by atoms with Crippen molar-refractivity contribution < 1.29 is 0 Å². The lowest BCUT2D eigenvalue weighted by Gasteiger charge is -2.24. The summed E-state index contributed by atoms with van der Waals surface area (Å²) in [5.74, 6) is 0.832. The first-order valence-corrected chi connectivity index (χ1v) is 8.18. The largest absolute Gasteiger partial charge is 0.311 e. The fraction of sp³-hybridized carbons (Fsp3) is 0.750. The Bertz CT molecular complexity index is 332. The Labute approximate surface area is 117 Å². The summed E-state index contributed by atoms with van der Waals surface area (Å²) in [5, 5.41) is 3.80. The molecule has 0 amide bonds. The van der Waals surface area contributed by atoms with Crippen molar-refractivity contribution in [2.24, 2.45) is 5.92 Å². The molecule has 0 aliphatic rings. The van der Waals surface area contributed by atoms with Crippen LogP contribution in [0, 0.1) is 12.8 Å². The van der Waals surface area contributed by atoms with E-state index < -0.39 is 0 Å². The maximum atomic E-state index is 3.80. The van der Waals surface area contributed by atoms with Crippen LogP contribution in [0.15, 0.2) is 12.1 Å². The molecule has 1 rings (SSSR count). The lowest BCUT2D eigenvalue weighted by molar-refractivity contribution is 0.355. The molecule has 18 heavy (non-hydrogen) atoms. The van der Waals surface area contributed by atoms with E-state index in [1.165, 1.54) is 29.0 Å². The Kier molecular flexibility index (Phi) is 6.95. The fourth-order valence-corrected chi connectivity index (χ4v) is 3.38. The van der Waals surface area contributed by atoms with E-state index in [2.05, 4.69) is 52.1 Å². The van der Waals surface area contributed by atoms with Crippen LogP contribution in [-0.4, -0.2) is 12.1 Å². The Hall–Kier alpha value is -0.340. The minimum atomic E-state index is 0.581. The summed E-state index contributed by atoms with van der Waals surface area (Å²) < 4.78 is 0. The Morgan fingerprint density at radius 3 is 2.39 bits per heavy atom. The highest BCUT2D eigenvalue weighted by molar-refractivity contribution is 7.11. The number of thiophene rings is 1. The van der Waals surface area contributed by atoms with Crippen molar-refractivity contribution in [2.75, 3.05) is 0 Å². The maximum absolute atomic E-state index is 3.80. The normalized spacial score (nSPS) is 16.5. The number of aryl methyl sites for hydroxylation is 1. The average molecular weight is 267 g/mol. The molecule has 0 spiro atoms. The number of nitrogens with one attached hydrogen (secondary N) is 1. The van der Waals surface area contributed by atoms with Crippen LogP contribution in [0.5, 0.6) is 0 Å². The summed E-state index contributed by atoms with van der Waals surface area (Å²) in [4.78, 5) is 2.93. The van der Waals surface area contributed by atoms with Crippen LogP contribution in [0.25, 0.3) is 0 Å². The van der Waals surface area contributed by atoms with Gasteiger partial charge in [0, 0.05) is 21.8 Å². The highest BCUT2D eigenvalue weighted by atomic mass is 32.1. The number of rotatable bonds is 8. The van der Waals surface area contributed by atoms with Crippen LogP contribution >= 0.6 is 11.3 Å². The van der Waals surface area contributed by atoms with Gasteiger partial charge in [0.2, 0.25) is 0 Å². The molecule has 3 atom stereocenters. The van der Waals surface area contributed by atoms with Gasteiger partial charge in [-0.05, 0) is 51.2 Å². The maximum Gasteiger partial charge on any atom is 0.00896 e. The third-order valence-electron chi connectivity index (χ3n) is 3.70. The Morgan fingerprint density at radius 1 is 1.17 bits per heavy atom. The van der Waals surface area contributed by atoms with Crippen LogP contribution < -0.4 is 5.32 Å². The molecule has 0 aliphatic heterocycles. The first-order chi connectivity index (χ1) is 8.55. The van der Waals surface area contributed by atoms with Crippen molar-refractivity contribution in [1.29, 1.82) is 0 Å². The van der Waals surface area contributed by atoms with E-state index in [0.29, 0.717) is 12.1 Å². The van der Waals surface area contributed by atoms with E-state index >= 15 is 0 Å². The van der Waals surface area contributed by atoms with Gasteiger partial charge in [-0.3, -0.25) is 0 Å². The van der Waals surface area contributed by atoms with Gasteiger partial charge in [0.15, 0.2) is 0 Å². The summed E-state index contributed by atoms with van der Waals surface area (Å²) in [6.45, 7) is 11.4. The van der Waals surface area contributed by atoms with Crippen LogP contribution in [-0.2, 0) is 6.42 Å². The highest BCUT2D eigenvalue weighted by Crippen LogP contribution is 2.18. The molecule has 1 nitrogen and oxygen atoms in total. The van der Waals surface area contributed by atoms with Crippen molar-refractivity contribution in [3.8, 4) is 0 Å². The first-order valence-electron chi connectivity index (χ1n) is 7.36. The van der Waals surface area contributed by atoms with Crippen molar-refractivity contribution in [3.63, 3.8) is 0 Å². The van der Waals surface area contributed by atoms with Crippen molar-refractivity contribution >= 4 is 11.3 Å². The third-order valence-corrected chi connectivity index (χ3v) is 4.72. The van der Waals surface area contributed by atoms with E-state index in [1.54, 1.807) is 0 Å². The van der Waals surface area contributed by atoms with Crippen molar-refractivity contribution in [1.82, 2.24) is 5.32 Å². The quantitative estimate of drug-likeness (QED) is 0.714. The molecule has 0 radical (unpaired) electrons. The van der Waals surface area contributed by atoms with E-state index in [4.69, 9.17) is 0 Å². The van der Waals surface area contributed by atoms with E-state index in [9.17, 15) is 0 Å². The predicted molar refractivity (Wildman–Crippen MR) is 83.5 cm³/mol. The smallest absolute Gasteiger partial charge is 0.00896 e. The average Bonchev–Trinajstić information content (AvgIpc) is 2.73. The van der Waals surface area contributed by atoms with Gasteiger partial charge in [-0.1, -0.05) is 27.2 Å². The van der Waals surface area contributed by atoms with Crippen LogP contribution in [0.2, 0.25) is 0 Å². The number of hydrogen-bond donors (Lipinski definition) is 1. The number of hydrogen-bond acceptors (Lipinski definition) is 2. The van der Waals surface area contributed by atoms with Crippen LogP contribution in [0.4, 0.5) is 0 Å². The minimum absolute atomic E-state index is 0.581. The molecule has 0 saturated carbocycles.